The van der Waals surface area contributed by atoms with Crippen molar-refractivity contribution in [2.45, 2.75) is 57.8 Å². The van der Waals surface area contributed by atoms with Crippen molar-refractivity contribution < 1.29 is 4.74 Å². The molecule has 1 aromatic carbocycles. The fraction of sp³-hybridized carbons (Fsp3) is 0.522. The normalized spacial score (nSPS) is 26.5. The molecule has 2 fully saturated rings. The Labute approximate surface area is 167 Å². The van der Waals surface area contributed by atoms with Gasteiger partial charge in [-0.05, 0) is 69.5 Å². The predicted octanol–water partition coefficient (Wildman–Crippen LogP) is 3.74. The highest BCUT2D eigenvalue weighted by molar-refractivity contribution is 5.31. The molecule has 0 bridgehead atoms. The number of nitriles is 1. The molecule has 2 aliphatic rings. The molecule has 146 valence electrons. The fourth-order valence-electron chi connectivity index (χ4n) is 4.70. The Morgan fingerprint density at radius 1 is 1.25 bits per heavy atom. The van der Waals surface area contributed by atoms with Gasteiger partial charge in [0.05, 0.1) is 29.0 Å². The van der Waals surface area contributed by atoms with Crippen LogP contribution in [0.5, 0.6) is 0 Å². The van der Waals surface area contributed by atoms with Crippen LogP contribution in [0.2, 0.25) is 0 Å². The maximum atomic E-state index is 9.00. The van der Waals surface area contributed by atoms with Gasteiger partial charge in [0.2, 0.25) is 0 Å². The van der Waals surface area contributed by atoms with E-state index in [1.807, 2.05) is 24.3 Å². The van der Waals surface area contributed by atoms with Crippen molar-refractivity contribution in [3.63, 3.8) is 0 Å². The van der Waals surface area contributed by atoms with Crippen LogP contribution in [0.1, 0.15) is 49.9 Å². The first kappa shape index (κ1) is 19.0. The number of aromatic nitrogens is 2. The third-order valence-electron chi connectivity index (χ3n) is 6.29. The number of rotatable bonds is 6. The SMILES string of the molecule is CC1(C)C[C@H]([C@]2(CCc3ccc(C#N)cc3)CCN(Cc3cccnn3)C2)O1. The zero-order chi connectivity index (χ0) is 19.6. The molecule has 0 N–H and O–H groups in total. The molecule has 3 heterocycles. The van der Waals surface area contributed by atoms with Crippen LogP contribution < -0.4 is 0 Å². The van der Waals surface area contributed by atoms with E-state index in [9.17, 15) is 0 Å². The maximum absolute atomic E-state index is 9.00. The monoisotopic (exact) mass is 376 g/mol. The fourth-order valence-corrected chi connectivity index (χ4v) is 4.70. The molecule has 2 aliphatic heterocycles. The second-order valence-electron chi connectivity index (χ2n) is 8.92. The van der Waals surface area contributed by atoms with Gasteiger partial charge in [-0.25, -0.2) is 0 Å². The van der Waals surface area contributed by atoms with Gasteiger partial charge >= 0.3 is 0 Å². The molecule has 0 unspecified atom stereocenters. The van der Waals surface area contributed by atoms with E-state index in [0.717, 1.165) is 56.6 Å². The Bertz CT molecular complexity index is 835. The van der Waals surface area contributed by atoms with E-state index in [-0.39, 0.29) is 11.0 Å². The maximum Gasteiger partial charge on any atom is 0.0991 e. The minimum Gasteiger partial charge on any atom is -0.372 e. The van der Waals surface area contributed by atoms with Crippen molar-refractivity contribution in [3.05, 3.63) is 59.4 Å². The zero-order valence-corrected chi connectivity index (χ0v) is 16.8. The molecule has 1 aromatic heterocycles. The van der Waals surface area contributed by atoms with Crippen LogP contribution in [0.15, 0.2) is 42.6 Å². The van der Waals surface area contributed by atoms with Crippen LogP contribution in [-0.2, 0) is 17.7 Å². The smallest absolute Gasteiger partial charge is 0.0991 e. The number of nitrogens with zero attached hydrogens (tertiary/aromatic N) is 4. The van der Waals surface area contributed by atoms with Crippen molar-refractivity contribution in [1.29, 1.82) is 5.26 Å². The molecule has 5 heteroatoms. The second-order valence-corrected chi connectivity index (χ2v) is 8.92. The van der Waals surface area contributed by atoms with E-state index in [2.05, 4.69) is 47.1 Å². The Balaban J connectivity index is 1.45. The zero-order valence-electron chi connectivity index (χ0n) is 16.8. The lowest BCUT2D eigenvalue weighted by molar-refractivity contribution is -0.230. The van der Waals surface area contributed by atoms with Gasteiger partial charge < -0.3 is 4.74 Å². The van der Waals surface area contributed by atoms with Gasteiger partial charge in [-0.2, -0.15) is 15.5 Å². The lowest BCUT2D eigenvalue weighted by Gasteiger charge is -2.52. The number of benzene rings is 1. The Morgan fingerprint density at radius 3 is 2.68 bits per heavy atom. The molecular formula is C23H28N4O. The highest BCUT2D eigenvalue weighted by Gasteiger charge is 2.52. The minimum atomic E-state index is 0.00440. The highest BCUT2D eigenvalue weighted by Crippen LogP contribution is 2.49. The highest BCUT2D eigenvalue weighted by atomic mass is 16.5. The van der Waals surface area contributed by atoms with Crippen LogP contribution in [0, 0.1) is 16.7 Å². The van der Waals surface area contributed by atoms with E-state index in [0.29, 0.717) is 6.10 Å². The molecule has 2 aromatic rings. The Morgan fingerprint density at radius 2 is 2.04 bits per heavy atom. The van der Waals surface area contributed by atoms with E-state index in [1.165, 1.54) is 5.56 Å². The van der Waals surface area contributed by atoms with Gasteiger partial charge in [0.25, 0.3) is 0 Å². The third kappa shape index (κ3) is 4.09. The first-order chi connectivity index (χ1) is 13.5. The van der Waals surface area contributed by atoms with E-state index < -0.39 is 0 Å². The van der Waals surface area contributed by atoms with Gasteiger partial charge in [-0.1, -0.05) is 12.1 Å². The molecule has 2 atom stereocenters. The lowest BCUT2D eigenvalue weighted by atomic mass is 9.70. The van der Waals surface area contributed by atoms with Crippen molar-refractivity contribution >= 4 is 0 Å². The van der Waals surface area contributed by atoms with Gasteiger partial charge in [-0.15, -0.1) is 0 Å². The summed E-state index contributed by atoms with van der Waals surface area (Å²) in [5, 5.41) is 17.3. The molecule has 0 radical (unpaired) electrons. The number of likely N-dealkylation sites (tertiary alicyclic amines) is 1. The Kier molecular flexibility index (Phi) is 5.18. The summed E-state index contributed by atoms with van der Waals surface area (Å²) in [5.74, 6) is 0. The number of hydrogen-bond donors (Lipinski definition) is 0. The quantitative estimate of drug-likeness (QED) is 0.768. The summed E-state index contributed by atoms with van der Waals surface area (Å²) in [4.78, 5) is 2.50. The summed E-state index contributed by atoms with van der Waals surface area (Å²) in [6.07, 6.45) is 6.46. The van der Waals surface area contributed by atoms with Crippen molar-refractivity contribution in [2.75, 3.05) is 13.1 Å². The molecule has 0 aliphatic carbocycles. The van der Waals surface area contributed by atoms with Crippen LogP contribution >= 0.6 is 0 Å². The van der Waals surface area contributed by atoms with E-state index in [1.54, 1.807) is 6.20 Å². The predicted molar refractivity (Wildman–Crippen MR) is 107 cm³/mol. The number of ether oxygens (including phenoxy) is 1. The average molecular weight is 377 g/mol. The molecule has 28 heavy (non-hydrogen) atoms. The van der Waals surface area contributed by atoms with Crippen LogP contribution in [-0.4, -0.2) is 39.9 Å². The van der Waals surface area contributed by atoms with Crippen molar-refractivity contribution in [3.8, 4) is 6.07 Å². The third-order valence-corrected chi connectivity index (χ3v) is 6.29. The van der Waals surface area contributed by atoms with Crippen LogP contribution in [0.4, 0.5) is 0 Å². The van der Waals surface area contributed by atoms with Gasteiger partial charge in [0.15, 0.2) is 0 Å². The molecular weight excluding hydrogens is 348 g/mol. The van der Waals surface area contributed by atoms with Crippen molar-refractivity contribution in [2.24, 2.45) is 5.41 Å². The summed E-state index contributed by atoms with van der Waals surface area (Å²) in [6.45, 7) is 7.33. The molecule has 4 rings (SSSR count). The minimum absolute atomic E-state index is 0.00440. The van der Waals surface area contributed by atoms with Gasteiger partial charge in [0, 0.05) is 31.1 Å². The first-order valence-electron chi connectivity index (χ1n) is 10.1. The van der Waals surface area contributed by atoms with Crippen molar-refractivity contribution in [1.82, 2.24) is 15.1 Å². The summed E-state index contributed by atoms with van der Waals surface area (Å²) in [7, 11) is 0. The summed E-state index contributed by atoms with van der Waals surface area (Å²) >= 11 is 0. The molecule has 5 nitrogen and oxygen atoms in total. The van der Waals surface area contributed by atoms with E-state index in [4.69, 9.17) is 10.00 Å². The average Bonchev–Trinajstić information content (AvgIpc) is 3.09. The summed E-state index contributed by atoms with van der Waals surface area (Å²) in [6, 6.07) is 14.2. The summed E-state index contributed by atoms with van der Waals surface area (Å²) in [5.41, 5.74) is 3.24. The number of hydrogen-bond acceptors (Lipinski definition) is 5. The lowest BCUT2D eigenvalue weighted by Crippen LogP contribution is -2.55. The largest absolute Gasteiger partial charge is 0.372 e. The molecule has 0 spiro atoms. The topological polar surface area (TPSA) is 62.0 Å². The van der Waals surface area contributed by atoms with E-state index >= 15 is 0 Å². The second kappa shape index (κ2) is 7.62. The standard InChI is InChI=1S/C23H28N4O/c1-22(2)14-21(28-22)23(10-9-18-5-7-19(15-24)8-6-18)11-13-27(17-23)16-20-4-3-12-25-26-20/h3-8,12,21H,9-11,13-14,16-17H2,1-2H3/t21-,23-/m1/s1. The summed E-state index contributed by atoms with van der Waals surface area (Å²) < 4.78 is 6.34. The molecule has 0 amide bonds. The Hall–Kier alpha value is -2.29. The van der Waals surface area contributed by atoms with Gasteiger partial charge in [0.1, 0.15) is 0 Å². The van der Waals surface area contributed by atoms with Gasteiger partial charge in [-0.3, -0.25) is 4.90 Å². The first-order valence-corrected chi connectivity index (χ1v) is 10.1. The molecule has 2 saturated heterocycles. The molecule has 0 saturated carbocycles. The van der Waals surface area contributed by atoms with Crippen LogP contribution in [0.25, 0.3) is 0 Å². The van der Waals surface area contributed by atoms with Crippen LogP contribution in [0.3, 0.4) is 0 Å². The number of aryl methyl sites for hydroxylation is 1.